The van der Waals surface area contributed by atoms with Crippen molar-refractivity contribution in [2.24, 2.45) is 5.73 Å². The smallest absolute Gasteiger partial charge is 0.120 e. The number of fused-ring (bicyclic) bond motifs is 1. The van der Waals surface area contributed by atoms with Crippen LogP contribution in [0.1, 0.15) is 42.0 Å². The van der Waals surface area contributed by atoms with Crippen molar-refractivity contribution in [3.05, 3.63) is 28.8 Å². The lowest BCUT2D eigenvalue weighted by Gasteiger charge is -2.18. The van der Waals surface area contributed by atoms with Gasteiger partial charge in [0, 0.05) is 5.56 Å². The van der Waals surface area contributed by atoms with Crippen LogP contribution in [0.15, 0.2) is 12.1 Å². The summed E-state index contributed by atoms with van der Waals surface area (Å²) in [5.74, 6) is 0.224. The van der Waals surface area contributed by atoms with E-state index in [1.54, 1.807) is 6.07 Å². The van der Waals surface area contributed by atoms with Gasteiger partial charge in [0.25, 0.3) is 0 Å². The lowest BCUT2D eigenvalue weighted by molar-refractivity contribution is 0.264. The number of aliphatic hydroxyl groups is 1. The van der Waals surface area contributed by atoms with Crippen molar-refractivity contribution in [2.75, 3.05) is 6.61 Å². The zero-order chi connectivity index (χ0) is 11.5. The molecule has 0 heterocycles. The lowest BCUT2D eigenvalue weighted by atomic mass is 9.92. The monoisotopic (exact) mass is 221 g/mol. The molecule has 0 aromatic heterocycles. The van der Waals surface area contributed by atoms with E-state index in [0.29, 0.717) is 0 Å². The maximum Gasteiger partial charge on any atom is 0.120 e. The number of phenols is 1. The molecule has 4 N–H and O–H groups in total. The van der Waals surface area contributed by atoms with Gasteiger partial charge in [-0.15, -0.1) is 0 Å². The zero-order valence-electron chi connectivity index (χ0n) is 9.45. The number of aliphatic hydroxyl groups excluding tert-OH is 1. The Labute approximate surface area is 95.9 Å². The highest BCUT2D eigenvalue weighted by atomic mass is 16.3. The van der Waals surface area contributed by atoms with Crippen LogP contribution in [0.2, 0.25) is 0 Å². The van der Waals surface area contributed by atoms with E-state index in [1.807, 2.05) is 6.07 Å². The molecule has 1 aromatic carbocycles. The Hall–Kier alpha value is -1.06. The number of hydrogen-bond acceptors (Lipinski definition) is 3. The summed E-state index contributed by atoms with van der Waals surface area (Å²) in [4.78, 5) is 0. The number of aromatic hydroxyl groups is 1. The molecule has 0 fully saturated rings. The van der Waals surface area contributed by atoms with E-state index in [-0.39, 0.29) is 12.4 Å². The van der Waals surface area contributed by atoms with Gasteiger partial charge in [-0.3, -0.25) is 0 Å². The van der Waals surface area contributed by atoms with E-state index in [2.05, 4.69) is 0 Å². The van der Waals surface area contributed by atoms with E-state index < -0.39 is 6.04 Å². The summed E-state index contributed by atoms with van der Waals surface area (Å²) in [5.41, 5.74) is 9.06. The van der Waals surface area contributed by atoms with Crippen molar-refractivity contribution in [3.8, 4) is 5.75 Å². The molecule has 1 atom stereocenters. The molecule has 0 bridgehead atoms. The Balaban J connectivity index is 2.48. The predicted octanol–water partition coefficient (Wildman–Crippen LogP) is 1.65. The molecule has 1 aromatic rings. The molecular formula is C13H19NO2. The highest BCUT2D eigenvalue weighted by molar-refractivity contribution is 5.47. The highest BCUT2D eigenvalue weighted by Crippen LogP contribution is 2.33. The average Bonchev–Trinajstić information content (AvgIpc) is 2.53. The minimum Gasteiger partial charge on any atom is -0.508 e. The normalized spacial score (nSPS) is 17.6. The summed E-state index contributed by atoms with van der Waals surface area (Å²) in [6.45, 7) is -0.121. The topological polar surface area (TPSA) is 66.5 Å². The van der Waals surface area contributed by atoms with Gasteiger partial charge in [0.15, 0.2) is 0 Å². The van der Waals surface area contributed by atoms with Gasteiger partial charge in [0.2, 0.25) is 0 Å². The van der Waals surface area contributed by atoms with Crippen molar-refractivity contribution in [1.29, 1.82) is 0 Å². The van der Waals surface area contributed by atoms with Crippen molar-refractivity contribution < 1.29 is 10.2 Å². The largest absolute Gasteiger partial charge is 0.508 e. The maximum atomic E-state index is 9.87. The number of nitrogens with two attached hydrogens (primary N) is 1. The molecule has 1 aliphatic carbocycles. The van der Waals surface area contributed by atoms with Crippen LogP contribution in [0.4, 0.5) is 0 Å². The van der Waals surface area contributed by atoms with Crippen LogP contribution in [0.5, 0.6) is 5.75 Å². The first kappa shape index (κ1) is 11.4. The summed E-state index contributed by atoms with van der Waals surface area (Å²) < 4.78 is 0. The van der Waals surface area contributed by atoms with Crippen molar-refractivity contribution in [3.63, 3.8) is 0 Å². The number of aryl methyl sites for hydroxylation is 1. The molecule has 3 heteroatoms. The predicted molar refractivity (Wildman–Crippen MR) is 63.4 cm³/mol. The molecule has 0 saturated carbocycles. The molecule has 16 heavy (non-hydrogen) atoms. The summed E-state index contributed by atoms with van der Waals surface area (Å²) >= 11 is 0. The Morgan fingerprint density at radius 3 is 2.69 bits per heavy atom. The van der Waals surface area contributed by atoms with Gasteiger partial charge < -0.3 is 15.9 Å². The quantitative estimate of drug-likeness (QED) is 0.665. The first-order valence-electron chi connectivity index (χ1n) is 5.94. The van der Waals surface area contributed by atoms with Gasteiger partial charge in [-0.2, -0.15) is 0 Å². The van der Waals surface area contributed by atoms with E-state index in [0.717, 1.165) is 24.8 Å². The van der Waals surface area contributed by atoms with Crippen LogP contribution in [-0.2, 0) is 12.8 Å². The molecule has 0 amide bonds. The van der Waals surface area contributed by atoms with Crippen LogP contribution in [0, 0.1) is 0 Å². The van der Waals surface area contributed by atoms with Crippen molar-refractivity contribution >= 4 is 0 Å². The minimum atomic E-state index is -0.465. The van der Waals surface area contributed by atoms with Crippen molar-refractivity contribution in [2.45, 2.75) is 38.1 Å². The summed E-state index contributed by atoms with van der Waals surface area (Å²) in [7, 11) is 0. The maximum absolute atomic E-state index is 9.87. The molecule has 0 saturated heterocycles. The van der Waals surface area contributed by atoms with Gasteiger partial charge in [-0.25, -0.2) is 0 Å². The SMILES string of the molecule is NC(CO)c1c(O)ccc2c1CCCCC2. The molecule has 88 valence electrons. The lowest BCUT2D eigenvalue weighted by Crippen LogP contribution is -2.17. The molecule has 0 spiro atoms. The molecular weight excluding hydrogens is 202 g/mol. The van der Waals surface area contributed by atoms with E-state index in [1.165, 1.54) is 24.0 Å². The Bertz CT molecular complexity index is 376. The highest BCUT2D eigenvalue weighted by Gasteiger charge is 2.19. The van der Waals surface area contributed by atoms with Crippen LogP contribution in [0.25, 0.3) is 0 Å². The summed E-state index contributed by atoms with van der Waals surface area (Å²) in [6, 6.07) is 3.23. The average molecular weight is 221 g/mol. The molecule has 3 nitrogen and oxygen atoms in total. The molecule has 1 aliphatic rings. The summed E-state index contributed by atoms with van der Waals surface area (Å²) in [5, 5.41) is 19.0. The number of hydrogen-bond donors (Lipinski definition) is 3. The minimum absolute atomic E-state index is 0.121. The number of rotatable bonds is 2. The van der Waals surface area contributed by atoms with Crippen LogP contribution >= 0.6 is 0 Å². The van der Waals surface area contributed by atoms with Gasteiger partial charge in [0.1, 0.15) is 5.75 Å². The van der Waals surface area contributed by atoms with E-state index >= 15 is 0 Å². The molecule has 1 unspecified atom stereocenters. The Morgan fingerprint density at radius 2 is 1.94 bits per heavy atom. The van der Waals surface area contributed by atoms with Gasteiger partial charge in [-0.05, 0) is 42.9 Å². The molecule has 0 radical (unpaired) electrons. The van der Waals surface area contributed by atoms with Crippen LogP contribution in [0.3, 0.4) is 0 Å². The van der Waals surface area contributed by atoms with Gasteiger partial charge in [-0.1, -0.05) is 12.5 Å². The standard InChI is InChI=1S/C13H19NO2/c14-11(8-15)13-10-5-3-1-2-4-9(10)6-7-12(13)16/h6-7,11,15-16H,1-5,8,14H2. The Kier molecular flexibility index (Phi) is 3.46. The number of benzene rings is 1. The first-order valence-corrected chi connectivity index (χ1v) is 5.94. The second-order valence-corrected chi connectivity index (χ2v) is 4.49. The van der Waals surface area contributed by atoms with E-state index in [4.69, 9.17) is 10.8 Å². The van der Waals surface area contributed by atoms with Crippen LogP contribution in [-0.4, -0.2) is 16.8 Å². The van der Waals surface area contributed by atoms with Gasteiger partial charge in [0.05, 0.1) is 12.6 Å². The second-order valence-electron chi connectivity index (χ2n) is 4.49. The molecule has 2 rings (SSSR count). The third kappa shape index (κ3) is 2.06. The third-order valence-corrected chi connectivity index (χ3v) is 3.37. The van der Waals surface area contributed by atoms with E-state index in [9.17, 15) is 5.11 Å². The Morgan fingerprint density at radius 1 is 1.19 bits per heavy atom. The fraction of sp³-hybridized carbons (Fsp3) is 0.538. The van der Waals surface area contributed by atoms with Gasteiger partial charge >= 0.3 is 0 Å². The van der Waals surface area contributed by atoms with Crippen LogP contribution < -0.4 is 5.73 Å². The fourth-order valence-corrected chi connectivity index (χ4v) is 2.53. The third-order valence-electron chi connectivity index (χ3n) is 3.37. The summed E-state index contributed by atoms with van der Waals surface area (Å²) in [6.07, 6.45) is 5.59. The fourth-order valence-electron chi connectivity index (χ4n) is 2.53. The zero-order valence-corrected chi connectivity index (χ0v) is 9.45. The number of phenolic OH excluding ortho intramolecular Hbond substituents is 1. The van der Waals surface area contributed by atoms with Crippen molar-refractivity contribution in [1.82, 2.24) is 0 Å². The molecule has 0 aliphatic heterocycles. The second kappa shape index (κ2) is 4.85. The first-order chi connectivity index (χ1) is 7.74.